The van der Waals surface area contributed by atoms with E-state index < -0.39 is 0 Å². The second kappa shape index (κ2) is 6.76. The number of hydrogen-bond acceptors (Lipinski definition) is 5. The fourth-order valence-electron chi connectivity index (χ4n) is 2.28. The summed E-state index contributed by atoms with van der Waals surface area (Å²) < 4.78 is 2.10. The molecule has 0 N–H and O–H groups in total. The molecule has 0 radical (unpaired) electrons. The van der Waals surface area contributed by atoms with Crippen molar-refractivity contribution in [2.45, 2.75) is 6.54 Å². The molecule has 0 aliphatic carbocycles. The van der Waals surface area contributed by atoms with E-state index in [-0.39, 0.29) is 10.6 Å². The van der Waals surface area contributed by atoms with Gasteiger partial charge in [0, 0.05) is 26.2 Å². The maximum Gasteiger partial charge on any atom is 0.345 e. The highest BCUT2D eigenvalue weighted by Crippen LogP contribution is 2.22. The first-order chi connectivity index (χ1) is 11.5. The molecule has 0 saturated heterocycles. The van der Waals surface area contributed by atoms with Crippen LogP contribution in [0.4, 0.5) is 10.8 Å². The van der Waals surface area contributed by atoms with E-state index in [1.54, 1.807) is 23.7 Å². The molecule has 0 spiro atoms. The number of hydrogen-bond donors (Lipinski definition) is 0. The number of benzene rings is 2. The third kappa shape index (κ3) is 3.41. The molecule has 3 rings (SSSR count). The second-order valence-electron chi connectivity index (χ2n) is 5.53. The van der Waals surface area contributed by atoms with Crippen molar-refractivity contribution in [2.75, 3.05) is 19.0 Å². The first kappa shape index (κ1) is 16.1. The topological polar surface area (TPSA) is 63.2 Å². The standard InChI is InChI=1S/C17H17N4O2S/c1-19(2)17-18-16(14-6-4-3-5-7-14)20(24-17)12-13-8-10-15(11-9-13)21(22)23/h3-11H,12H2,1-2H3/q+1. The Morgan fingerprint density at radius 2 is 1.79 bits per heavy atom. The van der Waals surface area contributed by atoms with Crippen LogP contribution in [0.2, 0.25) is 0 Å². The summed E-state index contributed by atoms with van der Waals surface area (Å²) in [6.07, 6.45) is 0. The lowest BCUT2D eigenvalue weighted by Crippen LogP contribution is -2.32. The largest absolute Gasteiger partial charge is 0.345 e. The Bertz CT molecular complexity index is 845. The molecule has 3 aromatic rings. The van der Waals surface area contributed by atoms with Crippen LogP contribution < -0.4 is 8.86 Å². The lowest BCUT2D eigenvalue weighted by Gasteiger charge is -2.00. The lowest BCUT2D eigenvalue weighted by molar-refractivity contribution is -0.610. The molecule has 0 saturated carbocycles. The Morgan fingerprint density at radius 3 is 2.38 bits per heavy atom. The summed E-state index contributed by atoms with van der Waals surface area (Å²) in [5.41, 5.74) is 2.14. The summed E-state index contributed by atoms with van der Waals surface area (Å²) in [7, 11) is 3.92. The van der Waals surface area contributed by atoms with Crippen LogP contribution in [0, 0.1) is 10.1 Å². The van der Waals surface area contributed by atoms with E-state index in [1.807, 2.05) is 49.3 Å². The monoisotopic (exact) mass is 341 g/mol. The number of nitro groups is 1. The van der Waals surface area contributed by atoms with Gasteiger partial charge in [-0.3, -0.25) is 10.1 Å². The molecule has 0 fully saturated rings. The first-order valence-corrected chi connectivity index (χ1v) is 8.19. The molecular formula is C17H17N4O2S+. The van der Waals surface area contributed by atoms with Gasteiger partial charge in [-0.2, -0.15) is 3.96 Å². The number of aromatic nitrogens is 2. The van der Waals surface area contributed by atoms with E-state index in [1.165, 1.54) is 12.1 Å². The molecule has 0 bridgehead atoms. The highest BCUT2D eigenvalue weighted by molar-refractivity contribution is 7.06. The normalized spacial score (nSPS) is 10.6. The predicted molar refractivity (Wildman–Crippen MR) is 94.3 cm³/mol. The zero-order chi connectivity index (χ0) is 17.1. The van der Waals surface area contributed by atoms with Crippen LogP contribution in [0.15, 0.2) is 54.6 Å². The lowest BCUT2D eigenvalue weighted by atomic mass is 10.2. The van der Waals surface area contributed by atoms with Crippen molar-refractivity contribution in [3.63, 3.8) is 0 Å². The summed E-state index contributed by atoms with van der Waals surface area (Å²) in [4.78, 5) is 17.1. The van der Waals surface area contributed by atoms with Gasteiger partial charge in [-0.15, -0.1) is 0 Å². The van der Waals surface area contributed by atoms with E-state index >= 15 is 0 Å². The average Bonchev–Trinajstić information content (AvgIpc) is 3.00. The van der Waals surface area contributed by atoms with Gasteiger partial charge in [0.1, 0.15) is 18.1 Å². The summed E-state index contributed by atoms with van der Waals surface area (Å²) in [6.45, 7) is 0.619. The van der Waals surface area contributed by atoms with Crippen molar-refractivity contribution in [1.29, 1.82) is 0 Å². The third-order valence-corrected chi connectivity index (χ3v) is 4.66. The van der Waals surface area contributed by atoms with Gasteiger partial charge in [0.05, 0.1) is 10.5 Å². The average molecular weight is 341 g/mol. The van der Waals surface area contributed by atoms with Crippen molar-refractivity contribution in [1.82, 2.24) is 4.98 Å². The van der Waals surface area contributed by atoms with E-state index in [2.05, 4.69) is 3.96 Å². The minimum Gasteiger partial charge on any atom is -0.331 e. The van der Waals surface area contributed by atoms with Gasteiger partial charge < -0.3 is 4.90 Å². The van der Waals surface area contributed by atoms with Gasteiger partial charge >= 0.3 is 11.0 Å². The molecule has 7 heteroatoms. The zero-order valence-corrected chi connectivity index (χ0v) is 14.2. The summed E-state index contributed by atoms with van der Waals surface area (Å²) in [6, 6.07) is 16.6. The molecule has 6 nitrogen and oxygen atoms in total. The van der Waals surface area contributed by atoms with Crippen molar-refractivity contribution >= 4 is 22.4 Å². The molecule has 0 aliphatic rings. The first-order valence-electron chi connectivity index (χ1n) is 7.42. The molecule has 0 amide bonds. The van der Waals surface area contributed by atoms with Gasteiger partial charge in [-0.25, -0.2) is 0 Å². The van der Waals surface area contributed by atoms with Crippen molar-refractivity contribution < 1.29 is 8.88 Å². The fraction of sp³-hybridized carbons (Fsp3) is 0.176. The van der Waals surface area contributed by atoms with Crippen molar-refractivity contribution in [2.24, 2.45) is 0 Å². The molecule has 0 unspecified atom stereocenters. The van der Waals surface area contributed by atoms with Crippen molar-refractivity contribution in [3.05, 3.63) is 70.3 Å². The van der Waals surface area contributed by atoms with Crippen LogP contribution in [0.5, 0.6) is 0 Å². The zero-order valence-electron chi connectivity index (χ0n) is 13.4. The fourth-order valence-corrected chi connectivity index (χ4v) is 3.22. The SMILES string of the molecule is CN(C)c1nc(-c2ccccc2)[n+](Cc2ccc([N+](=O)[O-])cc2)s1. The van der Waals surface area contributed by atoms with E-state index in [0.717, 1.165) is 22.1 Å². The maximum atomic E-state index is 10.8. The molecular weight excluding hydrogens is 324 g/mol. The maximum absolute atomic E-state index is 10.8. The van der Waals surface area contributed by atoms with Crippen LogP contribution in [0.1, 0.15) is 5.56 Å². The van der Waals surface area contributed by atoms with Crippen LogP contribution in [0.25, 0.3) is 11.4 Å². The highest BCUT2D eigenvalue weighted by Gasteiger charge is 2.24. The molecule has 24 heavy (non-hydrogen) atoms. The quantitative estimate of drug-likeness (QED) is 0.406. The smallest absolute Gasteiger partial charge is 0.331 e. The summed E-state index contributed by atoms with van der Waals surface area (Å²) >= 11 is 1.57. The Hall–Kier alpha value is -2.80. The van der Waals surface area contributed by atoms with Crippen LogP contribution in [-0.4, -0.2) is 24.0 Å². The van der Waals surface area contributed by atoms with E-state index in [0.29, 0.717) is 6.54 Å². The third-order valence-electron chi connectivity index (χ3n) is 3.52. The summed E-state index contributed by atoms with van der Waals surface area (Å²) in [5, 5.41) is 11.7. The Kier molecular flexibility index (Phi) is 4.52. The van der Waals surface area contributed by atoms with Gasteiger partial charge in [0.25, 0.3) is 5.69 Å². The predicted octanol–water partition coefficient (Wildman–Crippen LogP) is 3.12. The second-order valence-corrected chi connectivity index (χ2v) is 6.52. The van der Waals surface area contributed by atoms with E-state index in [9.17, 15) is 10.1 Å². The molecule has 0 atom stereocenters. The number of anilines is 1. The number of nitrogens with zero attached hydrogens (tertiary/aromatic N) is 4. The van der Waals surface area contributed by atoms with Gasteiger partial charge in [0.15, 0.2) is 0 Å². The van der Waals surface area contributed by atoms with Crippen molar-refractivity contribution in [3.8, 4) is 11.4 Å². The van der Waals surface area contributed by atoms with Gasteiger partial charge in [0.2, 0.25) is 0 Å². The minimum absolute atomic E-state index is 0.102. The molecule has 122 valence electrons. The Labute approximate surface area is 143 Å². The number of rotatable bonds is 5. The molecule has 1 aromatic heterocycles. The van der Waals surface area contributed by atoms with Crippen LogP contribution in [0.3, 0.4) is 0 Å². The minimum atomic E-state index is -0.386. The Morgan fingerprint density at radius 1 is 1.12 bits per heavy atom. The molecule has 2 aromatic carbocycles. The van der Waals surface area contributed by atoms with Crippen LogP contribution in [-0.2, 0) is 6.54 Å². The number of nitro benzene ring substituents is 1. The van der Waals surface area contributed by atoms with Gasteiger partial charge in [-0.05, 0) is 34.8 Å². The summed E-state index contributed by atoms with van der Waals surface area (Å²) in [5.74, 6) is 0.891. The van der Waals surface area contributed by atoms with Gasteiger partial charge in [-0.1, -0.05) is 18.2 Å². The van der Waals surface area contributed by atoms with Crippen LogP contribution >= 0.6 is 11.5 Å². The Balaban J connectivity index is 1.96. The van der Waals surface area contributed by atoms with E-state index in [4.69, 9.17) is 4.98 Å². The molecule has 1 heterocycles. The molecule has 0 aliphatic heterocycles. The number of non-ortho nitro benzene ring substituents is 1. The highest BCUT2D eigenvalue weighted by atomic mass is 32.1.